The highest BCUT2D eigenvalue weighted by Gasteiger charge is 2.24. The number of nitrogens with zero attached hydrogens (tertiary/aromatic N) is 3. The third-order valence-electron chi connectivity index (χ3n) is 3.39. The topological polar surface area (TPSA) is 29.0 Å². The maximum atomic E-state index is 5.96. The van der Waals surface area contributed by atoms with E-state index in [0.29, 0.717) is 11.2 Å². The molecule has 3 rings (SSSR count). The van der Waals surface area contributed by atoms with Crippen molar-refractivity contribution < 1.29 is 0 Å². The van der Waals surface area contributed by atoms with Crippen LogP contribution in [0.15, 0.2) is 36.7 Å². The van der Waals surface area contributed by atoms with Crippen LogP contribution in [0.3, 0.4) is 0 Å². The van der Waals surface area contributed by atoms with E-state index in [1.807, 2.05) is 6.07 Å². The zero-order valence-electron chi connectivity index (χ0n) is 10.2. The molecule has 1 aromatic heterocycles. The monoisotopic (exact) mass is 259 g/mol. The Morgan fingerprint density at radius 3 is 2.94 bits per heavy atom. The SMILES string of the molecule is CC1CCc2ccccc2N1c1cc(Cl)ncn1. The number of anilines is 2. The minimum absolute atomic E-state index is 0.422. The average Bonchev–Trinajstić information content (AvgIpc) is 2.38. The summed E-state index contributed by atoms with van der Waals surface area (Å²) in [4.78, 5) is 10.5. The molecule has 0 aliphatic carbocycles. The van der Waals surface area contributed by atoms with E-state index in [0.717, 1.165) is 18.7 Å². The number of rotatable bonds is 1. The molecule has 1 atom stereocenters. The van der Waals surface area contributed by atoms with Gasteiger partial charge in [0.2, 0.25) is 0 Å². The average molecular weight is 260 g/mol. The zero-order valence-corrected chi connectivity index (χ0v) is 10.9. The van der Waals surface area contributed by atoms with Gasteiger partial charge in [0.1, 0.15) is 17.3 Å². The number of aromatic nitrogens is 2. The first-order valence-electron chi connectivity index (χ1n) is 6.10. The van der Waals surface area contributed by atoms with Gasteiger partial charge in [0.05, 0.1) is 0 Å². The summed E-state index contributed by atoms with van der Waals surface area (Å²) >= 11 is 5.96. The van der Waals surface area contributed by atoms with Gasteiger partial charge in [-0.2, -0.15) is 0 Å². The summed E-state index contributed by atoms with van der Waals surface area (Å²) in [7, 11) is 0. The lowest BCUT2D eigenvalue weighted by atomic mass is 9.97. The van der Waals surface area contributed by atoms with Gasteiger partial charge in [-0.3, -0.25) is 0 Å². The predicted molar refractivity (Wildman–Crippen MR) is 73.4 cm³/mol. The largest absolute Gasteiger partial charge is 0.323 e. The number of hydrogen-bond acceptors (Lipinski definition) is 3. The first-order valence-corrected chi connectivity index (χ1v) is 6.48. The zero-order chi connectivity index (χ0) is 12.5. The second-order valence-corrected chi connectivity index (χ2v) is 4.97. The van der Waals surface area contributed by atoms with Crippen molar-refractivity contribution in [2.75, 3.05) is 4.90 Å². The predicted octanol–water partition coefficient (Wildman–Crippen LogP) is 3.60. The smallest absolute Gasteiger partial charge is 0.138 e. The fourth-order valence-electron chi connectivity index (χ4n) is 2.49. The van der Waals surface area contributed by atoms with Crippen molar-refractivity contribution in [3.05, 3.63) is 47.4 Å². The molecule has 0 fully saturated rings. The van der Waals surface area contributed by atoms with Crippen molar-refractivity contribution in [1.82, 2.24) is 9.97 Å². The molecule has 1 unspecified atom stereocenters. The lowest BCUT2D eigenvalue weighted by molar-refractivity contribution is 0.613. The molecule has 1 aromatic carbocycles. The molecule has 0 N–H and O–H groups in total. The van der Waals surface area contributed by atoms with Crippen molar-refractivity contribution in [2.24, 2.45) is 0 Å². The summed E-state index contributed by atoms with van der Waals surface area (Å²) in [5.74, 6) is 0.870. The maximum Gasteiger partial charge on any atom is 0.138 e. The molecule has 0 spiro atoms. The van der Waals surface area contributed by atoms with Crippen LogP contribution in [0.1, 0.15) is 18.9 Å². The Bertz CT molecular complexity index is 570. The van der Waals surface area contributed by atoms with Crippen LogP contribution in [-0.4, -0.2) is 16.0 Å². The summed E-state index contributed by atoms with van der Waals surface area (Å²) in [6.07, 6.45) is 3.76. The molecule has 2 heterocycles. The maximum absolute atomic E-state index is 5.96. The van der Waals surface area contributed by atoms with Crippen molar-refractivity contribution in [1.29, 1.82) is 0 Å². The summed E-state index contributed by atoms with van der Waals surface area (Å²) in [6, 6.07) is 10.7. The van der Waals surface area contributed by atoms with E-state index in [9.17, 15) is 0 Å². The van der Waals surface area contributed by atoms with E-state index < -0.39 is 0 Å². The molecule has 2 aromatic rings. The van der Waals surface area contributed by atoms with Gasteiger partial charge >= 0.3 is 0 Å². The molecule has 0 saturated carbocycles. The van der Waals surface area contributed by atoms with E-state index in [2.05, 4.69) is 46.1 Å². The fraction of sp³-hybridized carbons (Fsp3) is 0.286. The Labute approximate surface area is 111 Å². The first-order chi connectivity index (χ1) is 8.75. The Morgan fingerprint density at radius 1 is 1.28 bits per heavy atom. The molecular weight excluding hydrogens is 246 g/mol. The van der Waals surface area contributed by atoms with Gasteiger partial charge in [-0.1, -0.05) is 29.8 Å². The number of halogens is 1. The third-order valence-corrected chi connectivity index (χ3v) is 3.60. The molecule has 0 radical (unpaired) electrons. The van der Waals surface area contributed by atoms with Crippen LogP contribution >= 0.6 is 11.6 Å². The van der Waals surface area contributed by atoms with Crippen LogP contribution in [0.4, 0.5) is 11.5 Å². The molecule has 1 aliphatic rings. The highest BCUT2D eigenvalue weighted by atomic mass is 35.5. The van der Waals surface area contributed by atoms with Gasteiger partial charge < -0.3 is 4.90 Å². The first kappa shape index (κ1) is 11.5. The highest BCUT2D eigenvalue weighted by molar-refractivity contribution is 6.29. The van der Waals surface area contributed by atoms with Crippen LogP contribution < -0.4 is 4.90 Å². The summed E-state index contributed by atoms with van der Waals surface area (Å²) in [6.45, 7) is 2.21. The highest BCUT2D eigenvalue weighted by Crippen LogP contribution is 2.35. The van der Waals surface area contributed by atoms with Crippen LogP contribution in [0.25, 0.3) is 0 Å². The standard InChI is InChI=1S/C14H14ClN3/c1-10-6-7-11-4-2-3-5-12(11)18(10)14-8-13(15)16-9-17-14/h2-5,8-10H,6-7H2,1H3. The minimum atomic E-state index is 0.422. The number of hydrogen-bond donors (Lipinski definition) is 0. The van der Waals surface area contributed by atoms with Crippen LogP contribution in [-0.2, 0) is 6.42 Å². The third kappa shape index (κ3) is 1.95. The Kier molecular flexibility index (Phi) is 2.92. The van der Waals surface area contributed by atoms with Crippen LogP contribution in [0.2, 0.25) is 5.15 Å². The number of fused-ring (bicyclic) bond motifs is 1. The van der Waals surface area contributed by atoms with E-state index >= 15 is 0 Å². The molecule has 18 heavy (non-hydrogen) atoms. The van der Waals surface area contributed by atoms with E-state index in [1.165, 1.54) is 17.6 Å². The van der Waals surface area contributed by atoms with E-state index in [1.54, 1.807) is 0 Å². The molecule has 4 heteroatoms. The van der Waals surface area contributed by atoms with Crippen molar-refractivity contribution in [3.63, 3.8) is 0 Å². The van der Waals surface area contributed by atoms with E-state index in [-0.39, 0.29) is 0 Å². The van der Waals surface area contributed by atoms with Gasteiger partial charge in [-0.15, -0.1) is 0 Å². The van der Waals surface area contributed by atoms with Gasteiger partial charge in [0.25, 0.3) is 0 Å². The Balaban J connectivity index is 2.10. The lowest BCUT2D eigenvalue weighted by Gasteiger charge is -2.36. The molecule has 92 valence electrons. The lowest BCUT2D eigenvalue weighted by Crippen LogP contribution is -2.33. The summed E-state index contributed by atoms with van der Waals surface area (Å²) in [5.41, 5.74) is 2.59. The molecule has 0 saturated heterocycles. The molecule has 0 bridgehead atoms. The van der Waals surface area contributed by atoms with Crippen LogP contribution in [0, 0.1) is 0 Å². The van der Waals surface area contributed by atoms with Crippen molar-refractivity contribution in [2.45, 2.75) is 25.8 Å². The normalized spacial score (nSPS) is 18.6. The van der Waals surface area contributed by atoms with Crippen molar-refractivity contribution in [3.8, 4) is 0 Å². The van der Waals surface area contributed by atoms with Crippen molar-refractivity contribution >= 4 is 23.1 Å². The van der Waals surface area contributed by atoms with Crippen LogP contribution in [0.5, 0.6) is 0 Å². The van der Waals surface area contributed by atoms with Gasteiger partial charge in [0.15, 0.2) is 0 Å². The number of aryl methyl sites for hydroxylation is 1. The summed E-state index contributed by atoms with van der Waals surface area (Å²) in [5, 5.41) is 0.482. The molecular formula is C14H14ClN3. The van der Waals surface area contributed by atoms with E-state index in [4.69, 9.17) is 11.6 Å². The van der Waals surface area contributed by atoms with Gasteiger partial charge in [0, 0.05) is 17.8 Å². The second kappa shape index (κ2) is 4.58. The minimum Gasteiger partial charge on any atom is -0.323 e. The molecule has 1 aliphatic heterocycles. The summed E-state index contributed by atoms with van der Waals surface area (Å²) < 4.78 is 0. The Morgan fingerprint density at radius 2 is 2.11 bits per heavy atom. The Hall–Kier alpha value is -1.61. The molecule has 3 nitrogen and oxygen atoms in total. The van der Waals surface area contributed by atoms with Gasteiger partial charge in [-0.05, 0) is 31.4 Å². The number of para-hydroxylation sites is 1. The quantitative estimate of drug-likeness (QED) is 0.733. The number of benzene rings is 1. The fourth-order valence-corrected chi connectivity index (χ4v) is 2.63. The molecule has 0 amide bonds. The second-order valence-electron chi connectivity index (χ2n) is 4.59. The van der Waals surface area contributed by atoms with Gasteiger partial charge in [-0.25, -0.2) is 9.97 Å².